The van der Waals surface area contributed by atoms with Crippen LogP contribution >= 0.6 is 0 Å². The summed E-state index contributed by atoms with van der Waals surface area (Å²) in [6.45, 7) is 8.24. The monoisotopic (exact) mass is 176 g/mol. The van der Waals surface area contributed by atoms with E-state index in [1.165, 1.54) is 6.92 Å². The van der Waals surface area contributed by atoms with Gasteiger partial charge in [0.25, 0.3) is 0 Å². The van der Waals surface area contributed by atoms with Crippen molar-refractivity contribution in [1.82, 2.24) is 10.6 Å². The Morgan fingerprint density at radius 2 is 1.92 bits per heavy atom. The van der Waals surface area contributed by atoms with Crippen LogP contribution in [0.25, 0.3) is 0 Å². The molecule has 0 saturated heterocycles. The molecule has 4 nitrogen and oxygen atoms in total. The number of aliphatic hydroxyl groups excluding tert-OH is 1. The third-order valence-electron chi connectivity index (χ3n) is 0.939. The molecule has 0 saturated carbocycles. The molecule has 12 heavy (non-hydrogen) atoms. The van der Waals surface area contributed by atoms with Gasteiger partial charge in [0.15, 0.2) is 0 Å². The van der Waals surface area contributed by atoms with Crippen molar-refractivity contribution in [2.75, 3.05) is 13.1 Å². The Hall–Kier alpha value is -0.610. The van der Waals surface area contributed by atoms with Gasteiger partial charge < -0.3 is 10.4 Å². The van der Waals surface area contributed by atoms with Gasteiger partial charge in [-0.3, -0.25) is 10.1 Å². The first-order valence-corrected chi connectivity index (χ1v) is 4.29. The van der Waals surface area contributed by atoms with Crippen molar-refractivity contribution in [3.63, 3.8) is 0 Å². The van der Waals surface area contributed by atoms with Crippen molar-refractivity contribution in [2.45, 2.75) is 33.9 Å². The van der Waals surface area contributed by atoms with Gasteiger partial charge in [-0.05, 0) is 6.92 Å². The molecule has 0 aliphatic rings. The van der Waals surface area contributed by atoms with Crippen LogP contribution in [0.2, 0.25) is 0 Å². The van der Waals surface area contributed by atoms with Crippen molar-refractivity contribution in [2.24, 2.45) is 0 Å². The first-order valence-electron chi connectivity index (χ1n) is 4.29. The number of rotatable bonds is 4. The molecule has 0 aliphatic heterocycles. The molecule has 0 fully saturated rings. The maximum Gasteiger partial charge on any atom is 0.216 e. The molecular formula is C8H20N2O2. The minimum Gasteiger partial charge on any atom is -0.379 e. The molecule has 0 aliphatic carbocycles. The Labute approximate surface area is 74.4 Å². The highest BCUT2D eigenvalue weighted by atomic mass is 16.3. The van der Waals surface area contributed by atoms with Crippen LogP contribution in [-0.2, 0) is 4.79 Å². The Morgan fingerprint density at radius 3 is 2.25 bits per heavy atom. The summed E-state index contributed by atoms with van der Waals surface area (Å²) in [5.41, 5.74) is 0. The standard InChI is InChI=1S/C6H14N2O2.C2H6/c1-5(9)7-3-4-8-6(2)10;1-2/h5,7,9H,3-4H2,1-2H3,(H,8,10);1-2H3. The van der Waals surface area contributed by atoms with Crippen LogP contribution < -0.4 is 10.6 Å². The van der Waals surface area contributed by atoms with Crippen LogP contribution in [0.3, 0.4) is 0 Å². The molecule has 0 aromatic rings. The molecule has 1 unspecified atom stereocenters. The summed E-state index contributed by atoms with van der Waals surface area (Å²) in [5, 5.41) is 14.0. The molecule has 4 heteroatoms. The van der Waals surface area contributed by atoms with Crippen molar-refractivity contribution in [3.05, 3.63) is 0 Å². The van der Waals surface area contributed by atoms with Gasteiger partial charge in [-0.25, -0.2) is 0 Å². The van der Waals surface area contributed by atoms with E-state index in [9.17, 15) is 4.79 Å². The van der Waals surface area contributed by atoms with Gasteiger partial charge in [0, 0.05) is 20.0 Å². The van der Waals surface area contributed by atoms with Crippen molar-refractivity contribution < 1.29 is 9.90 Å². The lowest BCUT2D eigenvalue weighted by molar-refractivity contribution is -0.118. The molecule has 1 atom stereocenters. The highest BCUT2D eigenvalue weighted by Gasteiger charge is 1.92. The summed E-state index contributed by atoms with van der Waals surface area (Å²) in [6, 6.07) is 0. The lowest BCUT2D eigenvalue weighted by Crippen LogP contribution is -2.34. The molecule has 0 heterocycles. The zero-order chi connectivity index (χ0) is 9.98. The Morgan fingerprint density at radius 1 is 1.42 bits per heavy atom. The van der Waals surface area contributed by atoms with E-state index in [0.29, 0.717) is 13.1 Å². The lowest BCUT2D eigenvalue weighted by Gasteiger charge is -2.06. The van der Waals surface area contributed by atoms with E-state index in [1.54, 1.807) is 6.92 Å². The van der Waals surface area contributed by atoms with Crippen molar-refractivity contribution >= 4 is 5.91 Å². The normalized spacial score (nSPS) is 11.1. The average Bonchev–Trinajstić information content (AvgIpc) is 2.02. The number of nitrogens with one attached hydrogen (secondary N) is 2. The molecule has 3 N–H and O–H groups in total. The number of hydrogen-bond donors (Lipinski definition) is 3. The quantitative estimate of drug-likeness (QED) is 0.420. The summed E-state index contributed by atoms with van der Waals surface area (Å²) in [4.78, 5) is 10.3. The van der Waals surface area contributed by atoms with Crippen LogP contribution in [0.5, 0.6) is 0 Å². The van der Waals surface area contributed by atoms with E-state index in [2.05, 4.69) is 10.6 Å². The Bertz CT molecular complexity index is 105. The molecule has 0 rings (SSSR count). The van der Waals surface area contributed by atoms with Crippen LogP contribution in [-0.4, -0.2) is 30.3 Å². The van der Waals surface area contributed by atoms with Gasteiger partial charge in [-0.15, -0.1) is 0 Å². The van der Waals surface area contributed by atoms with Crippen LogP contribution in [0, 0.1) is 0 Å². The summed E-state index contributed by atoms with van der Waals surface area (Å²) >= 11 is 0. The van der Waals surface area contributed by atoms with Gasteiger partial charge in [0.1, 0.15) is 6.23 Å². The van der Waals surface area contributed by atoms with E-state index in [1.807, 2.05) is 13.8 Å². The number of amides is 1. The van der Waals surface area contributed by atoms with E-state index in [0.717, 1.165) is 0 Å². The molecule has 1 amide bonds. The summed E-state index contributed by atoms with van der Waals surface area (Å²) in [5.74, 6) is -0.0487. The highest BCUT2D eigenvalue weighted by Crippen LogP contribution is 1.68. The first kappa shape index (κ1) is 13.9. The second kappa shape index (κ2) is 10.4. The predicted octanol–water partition coefficient (Wildman–Crippen LogP) is 0.0766. The van der Waals surface area contributed by atoms with Gasteiger partial charge >= 0.3 is 0 Å². The number of hydrogen-bond acceptors (Lipinski definition) is 3. The second-order valence-corrected chi connectivity index (χ2v) is 2.11. The lowest BCUT2D eigenvalue weighted by atomic mass is 10.5. The molecule has 0 aromatic heterocycles. The summed E-state index contributed by atoms with van der Waals surface area (Å²) < 4.78 is 0. The largest absolute Gasteiger partial charge is 0.379 e. The fraction of sp³-hybridized carbons (Fsp3) is 0.875. The SMILES string of the molecule is CC.CC(=O)NCCNC(C)O. The minimum atomic E-state index is -0.506. The zero-order valence-corrected chi connectivity index (χ0v) is 8.35. The third kappa shape index (κ3) is 16.2. The molecule has 0 spiro atoms. The van der Waals surface area contributed by atoms with E-state index < -0.39 is 6.23 Å². The minimum absolute atomic E-state index is 0.0487. The number of carbonyl (C=O) groups excluding carboxylic acids is 1. The van der Waals surface area contributed by atoms with E-state index in [4.69, 9.17) is 5.11 Å². The fourth-order valence-corrected chi connectivity index (χ4v) is 0.520. The Kier molecular flexibility index (Phi) is 12.1. The van der Waals surface area contributed by atoms with Crippen molar-refractivity contribution in [3.8, 4) is 0 Å². The van der Waals surface area contributed by atoms with Gasteiger partial charge in [-0.1, -0.05) is 13.8 Å². The molecule has 74 valence electrons. The molecule has 0 radical (unpaired) electrons. The van der Waals surface area contributed by atoms with E-state index >= 15 is 0 Å². The average molecular weight is 176 g/mol. The van der Waals surface area contributed by atoms with Crippen molar-refractivity contribution in [1.29, 1.82) is 0 Å². The topological polar surface area (TPSA) is 61.4 Å². The van der Waals surface area contributed by atoms with E-state index in [-0.39, 0.29) is 5.91 Å². The zero-order valence-electron chi connectivity index (χ0n) is 8.35. The summed E-state index contributed by atoms with van der Waals surface area (Å²) in [7, 11) is 0. The fourth-order valence-electron chi connectivity index (χ4n) is 0.520. The molecular weight excluding hydrogens is 156 g/mol. The van der Waals surface area contributed by atoms with Gasteiger partial charge in [0.05, 0.1) is 0 Å². The highest BCUT2D eigenvalue weighted by molar-refractivity contribution is 5.72. The van der Waals surface area contributed by atoms with Gasteiger partial charge in [-0.2, -0.15) is 0 Å². The van der Waals surface area contributed by atoms with Crippen LogP contribution in [0.4, 0.5) is 0 Å². The summed E-state index contributed by atoms with van der Waals surface area (Å²) in [6.07, 6.45) is -0.506. The maximum absolute atomic E-state index is 10.3. The number of aliphatic hydroxyl groups is 1. The Balaban J connectivity index is 0. The predicted molar refractivity (Wildman–Crippen MR) is 49.7 cm³/mol. The smallest absolute Gasteiger partial charge is 0.216 e. The van der Waals surface area contributed by atoms with Crippen LogP contribution in [0.1, 0.15) is 27.7 Å². The number of carbonyl (C=O) groups is 1. The third-order valence-corrected chi connectivity index (χ3v) is 0.939. The maximum atomic E-state index is 10.3. The second-order valence-electron chi connectivity index (χ2n) is 2.11. The van der Waals surface area contributed by atoms with Gasteiger partial charge in [0.2, 0.25) is 5.91 Å². The van der Waals surface area contributed by atoms with Crippen LogP contribution in [0.15, 0.2) is 0 Å². The first-order chi connectivity index (χ1) is 5.63. The molecule has 0 aromatic carbocycles. The molecule has 0 bridgehead atoms.